The van der Waals surface area contributed by atoms with Gasteiger partial charge < -0.3 is 16.2 Å². The molecule has 1 amide bonds. The van der Waals surface area contributed by atoms with Gasteiger partial charge in [0.05, 0.1) is 0 Å². The first-order valence-corrected chi connectivity index (χ1v) is 4.55. The van der Waals surface area contributed by atoms with Crippen molar-refractivity contribution in [3.63, 3.8) is 0 Å². The van der Waals surface area contributed by atoms with Crippen molar-refractivity contribution in [2.24, 2.45) is 11.7 Å². The van der Waals surface area contributed by atoms with Gasteiger partial charge in [-0.05, 0) is 25.9 Å². The standard InChI is InChI=1S/C6H12N2O.C2HF3O2/c7-6(9)5-1-3-8-4-2-5;3-2(4,5)1(6)7/h5,8H,1-4H2,(H2,7,9);(H,6,7). The fraction of sp³-hybridized carbons (Fsp3) is 0.750. The van der Waals surface area contributed by atoms with Crippen LogP contribution in [0.4, 0.5) is 13.2 Å². The zero-order valence-corrected chi connectivity index (χ0v) is 8.38. The molecule has 1 aliphatic rings. The number of hydrogen-bond acceptors (Lipinski definition) is 3. The van der Waals surface area contributed by atoms with E-state index in [0.29, 0.717) is 0 Å². The molecule has 94 valence electrons. The van der Waals surface area contributed by atoms with Gasteiger partial charge in [-0.1, -0.05) is 0 Å². The predicted molar refractivity (Wildman–Crippen MR) is 48.5 cm³/mol. The number of primary amides is 1. The van der Waals surface area contributed by atoms with Gasteiger partial charge >= 0.3 is 12.1 Å². The monoisotopic (exact) mass is 242 g/mol. The number of hydrogen-bond donors (Lipinski definition) is 3. The number of carboxylic acid groups (broad SMARTS) is 1. The molecule has 0 bridgehead atoms. The van der Waals surface area contributed by atoms with Crippen LogP contribution in [0.15, 0.2) is 0 Å². The van der Waals surface area contributed by atoms with Gasteiger partial charge in [-0.25, -0.2) is 4.79 Å². The number of halogens is 3. The van der Waals surface area contributed by atoms with Crippen molar-refractivity contribution in [3.8, 4) is 0 Å². The van der Waals surface area contributed by atoms with Crippen LogP contribution in [-0.4, -0.2) is 36.2 Å². The highest BCUT2D eigenvalue weighted by molar-refractivity contribution is 5.76. The number of carboxylic acids is 1. The second-order valence-electron chi connectivity index (χ2n) is 3.23. The van der Waals surface area contributed by atoms with Gasteiger partial charge in [-0.15, -0.1) is 0 Å². The summed E-state index contributed by atoms with van der Waals surface area (Å²) >= 11 is 0. The fourth-order valence-electron chi connectivity index (χ4n) is 1.11. The maximum absolute atomic E-state index is 10.6. The number of alkyl halides is 3. The normalized spacial score (nSPS) is 17.2. The Morgan fingerprint density at radius 3 is 1.81 bits per heavy atom. The van der Waals surface area contributed by atoms with Crippen LogP contribution in [0.25, 0.3) is 0 Å². The van der Waals surface area contributed by atoms with Crippen LogP contribution >= 0.6 is 0 Å². The molecule has 0 spiro atoms. The highest BCUT2D eigenvalue weighted by Crippen LogP contribution is 2.13. The Morgan fingerprint density at radius 2 is 1.62 bits per heavy atom. The second kappa shape index (κ2) is 6.31. The van der Waals surface area contributed by atoms with Gasteiger partial charge in [0.25, 0.3) is 0 Å². The van der Waals surface area contributed by atoms with E-state index in [1.54, 1.807) is 0 Å². The molecule has 0 aromatic rings. The third-order valence-corrected chi connectivity index (χ3v) is 1.98. The molecule has 16 heavy (non-hydrogen) atoms. The van der Waals surface area contributed by atoms with Crippen LogP contribution in [0.1, 0.15) is 12.8 Å². The van der Waals surface area contributed by atoms with E-state index >= 15 is 0 Å². The van der Waals surface area contributed by atoms with Crippen LogP contribution in [-0.2, 0) is 9.59 Å². The number of aliphatic carboxylic acids is 1. The van der Waals surface area contributed by atoms with Gasteiger partial charge in [0.1, 0.15) is 0 Å². The molecule has 1 rings (SSSR count). The van der Waals surface area contributed by atoms with Crippen LogP contribution in [0.5, 0.6) is 0 Å². The second-order valence-corrected chi connectivity index (χ2v) is 3.23. The minimum Gasteiger partial charge on any atom is -0.475 e. The lowest BCUT2D eigenvalue weighted by molar-refractivity contribution is -0.192. The van der Waals surface area contributed by atoms with Gasteiger partial charge in [-0.3, -0.25) is 4.79 Å². The van der Waals surface area contributed by atoms with Crippen LogP contribution in [0.2, 0.25) is 0 Å². The highest BCUT2D eigenvalue weighted by Gasteiger charge is 2.38. The van der Waals surface area contributed by atoms with Crippen molar-refractivity contribution < 1.29 is 27.9 Å². The average Bonchev–Trinajstić information content (AvgIpc) is 2.18. The lowest BCUT2D eigenvalue weighted by Crippen LogP contribution is -2.34. The minimum absolute atomic E-state index is 0.131. The summed E-state index contributed by atoms with van der Waals surface area (Å²) in [5, 5.41) is 10.3. The molecule has 1 aliphatic heterocycles. The van der Waals surface area contributed by atoms with Crippen LogP contribution < -0.4 is 11.1 Å². The van der Waals surface area contributed by atoms with Crippen molar-refractivity contribution in [2.75, 3.05) is 13.1 Å². The maximum atomic E-state index is 10.6. The average molecular weight is 242 g/mol. The Balaban J connectivity index is 0.000000293. The molecule has 0 aromatic carbocycles. The van der Waals surface area contributed by atoms with E-state index in [4.69, 9.17) is 15.6 Å². The molecule has 1 heterocycles. The highest BCUT2D eigenvalue weighted by atomic mass is 19.4. The Morgan fingerprint density at radius 1 is 1.25 bits per heavy atom. The zero-order chi connectivity index (χ0) is 12.8. The van der Waals surface area contributed by atoms with Gasteiger partial charge in [0, 0.05) is 5.92 Å². The molecule has 1 saturated heterocycles. The molecular weight excluding hydrogens is 229 g/mol. The first kappa shape index (κ1) is 14.7. The summed E-state index contributed by atoms with van der Waals surface area (Å²) in [6.07, 6.45) is -3.26. The fourth-order valence-corrected chi connectivity index (χ4v) is 1.11. The van der Waals surface area contributed by atoms with Crippen molar-refractivity contribution in [1.82, 2.24) is 5.32 Å². The zero-order valence-electron chi connectivity index (χ0n) is 8.38. The number of carbonyl (C=O) groups is 2. The number of nitrogens with one attached hydrogen (secondary N) is 1. The molecule has 0 saturated carbocycles. The lowest BCUT2D eigenvalue weighted by atomic mass is 9.98. The van der Waals surface area contributed by atoms with E-state index in [1.807, 2.05) is 0 Å². The Hall–Kier alpha value is -1.31. The third-order valence-electron chi connectivity index (χ3n) is 1.98. The Labute approximate surface area is 89.8 Å². The van der Waals surface area contributed by atoms with Gasteiger partial charge in [-0.2, -0.15) is 13.2 Å². The van der Waals surface area contributed by atoms with Crippen molar-refractivity contribution >= 4 is 11.9 Å². The molecule has 5 nitrogen and oxygen atoms in total. The summed E-state index contributed by atoms with van der Waals surface area (Å²) in [7, 11) is 0. The van der Waals surface area contributed by atoms with E-state index in [-0.39, 0.29) is 11.8 Å². The predicted octanol–water partition coefficient (Wildman–Crippen LogP) is 0.105. The summed E-state index contributed by atoms with van der Waals surface area (Å²) < 4.78 is 31.7. The van der Waals surface area contributed by atoms with Gasteiger partial charge in [0.2, 0.25) is 5.91 Å². The van der Waals surface area contributed by atoms with Crippen LogP contribution in [0, 0.1) is 5.92 Å². The van der Waals surface area contributed by atoms with E-state index < -0.39 is 12.1 Å². The Bertz CT molecular complexity index is 249. The van der Waals surface area contributed by atoms with Crippen LogP contribution in [0.3, 0.4) is 0 Å². The topological polar surface area (TPSA) is 92.4 Å². The molecular formula is C8H13F3N2O3. The molecule has 8 heteroatoms. The number of rotatable bonds is 1. The first-order chi connectivity index (χ1) is 7.25. The van der Waals surface area contributed by atoms with E-state index in [9.17, 15) is 18.0 Å². The molecule has 0 unspecified atom stereocenters. The number of carbonyl (C=O) groups excluding carboxylic acids is 1. The summed E-state index contributed by atoms with van der Waals surface area (Å²) in [5.41, 5.74) is 5.10. The van der Waals surface area contributed by atoms with Crippen molar-refractivity contribution in [2.45, 2.75) is 19.0 Å². The third kappa shape index (κ3) is 6.23. The number of piperidine rings is 1. The summed E-state index contributed by atoms with van der Waals surface area (Å²) in [4.78, 5) is 19.4. The van der Waals surface area contributed by atoms with Crippen molar-refractivity contribution in [1.29, 1.82) is 0 Å². The van der Waals surface area contributed by atoms with Crippen molar-refractivity contribution in [3.05, 3.63) is 0 Å². The smallest absolute Gasteiger partial charge is 0.475 e. The van der Waals surface area contributed by atoms with E-state index in [1.165, 1.54) is 0 Å². The number of amides is 1. The van der Waals surface area contributed by atoms with Gasteiger partial charge in [0.15, 0.2) is 0 Å². The summed E-state index contributed by atoms with van der Waals surface area (Å²) in [5.74, 6) is -2.77. The summed E-state index contributed by atoms with van der Waals surface area (Å²) in [6.45, 7) is 1.88. The molecule has 1 fully saturated rings. The maximum Gasteiger partial charge on any atom is 0.490 e. The largest absolute Gasteiger partial charge is 0.490 e. The summed E-state index contributed by atoms with van der Waals surface area (Å²) in [6, 6.07) is 0. The molecule has 0 aliphatic carbocycles. The minimum atomic E-state index is -5.08. The Kier molecular flexibility index (Phi) is 5.79. The number of nitrogens with two attached hydrogens (primary N) is 1. The molecule has 4 N–H and O–H groups in total. The lowest BCUT2D eigenvalue weighted by Gasteiger charge is -2.18. The molecule has 0 atom stereocenters. The van der Waals surface area contributed by atoms with E-state index in [2.05, 4.69) is 5.32 Å². The first-order valence-electron chi connectivity index (χ1n) is 4.55. The molecule has 0 aromatic heterocycles. The SMILES string of the molecule is NC(=O)C1CCNCC1.O=C(O)C(F)(F)F. The van der Waals surface area contributed by atoms with E-state index in [0.717, 1.165) is 25.9 Å². The molecule has 0 radical (unpaired) electrons. The quantitative estimate of drug-likeness (QED) is 0.608.